The lowest BCUT2D eigenvalue weighted by molar-refractivity contribution is -0.385. The Morgan fingerprint density at radius 1 is 1.30 bits per heavy atom. The highest BCUT2D eigenvalue weighted by Crippen LogP contribution is 2.25. The number of esters is 1. The van der Waals surface area contributed by atoms with E-state index in [4.69, 9.17) is 9.84 Å². The van der Waals surface area contributed by atoms with E-state index in [9.17, 15) is 19.7 Å². The number of non-ortho nitro benzene ring substituents is 1. The monoisotopic (exact) mass is 318 g/mol. The van der Waals surface area contributed by atoms with Crippen LogP contribution in [0.2, 0.25) is 0 Å². The van der Waals surface area contributed by atoms with E-state index in [-0.39, 0.29) is 22.6 Å². The number of nitro groups is 1. The maximum atomic E-state index is 11.8. The van der Waals surface area contributed by atoms with Gasteiger partial charge in [-0.25, -0.2) is 9.59 Å². The first-order valence-corrected chi connectivity index (χ1v) is 6.22. The minimum absolute atomic E-state index is 0.0545. The first-order valence-electron chi connectivity index (χ1n) is 6.22. The van der Waals surface area contributed by atoms with Gasteiger partial charge in [0.1, 0.15) is 12.4 Å². The summed E-state index contributed by atoms with van der Waals surface area (Å²) >= 11 is 0. The molecule has 0 amide bonds. The number of nitro benzene ring substituents is 1. The van der Waals surface area contributed by atoms with Crippen LogP contribution in [0.4, 0.5) is 10.5 Å². The molecule has 0 radical (unpaired) electrons. The molecule has 1 aromatic carbocycles. The molecular weight excluding hydrogens is 308 g/mol. The van der Waals surface area contributed by atoms with Gasteiger partial charge in [0.2, 0.25) is 0 Å². The number of ether oxygens (including phenoxy) is 2. The van der Waals surface area contributed by atoms with Crippen LogP contribution in [0.1, 0.15) is 15.9 Å². The predicted molar refractivity (Wildman–Crippen MR) is 75.1 cm³/mol. The molecule has 1 aromatic heterocycles. The number of hydrogen-bond donors (Lipinski definition) is 1. The second-order valence-corrected chi connectivity index (χ2v) is 4.23. The number of benzene rings is 1. The molecule has 118 valence electrons. The van der Waals surface area contributed by atoms with Crippen LogP contribution in [0.3, 0.4) is 0 Å². The number of carbonyl (C=O) groups excluding carboxylic acids is 1. The quantitative estimate of drug-likeness (QED) is 0.385. The smallest absolute Gasteiger partial charge is 0.457 e. The van der Waals surface area contributed by atoms with Crippen molar-refractivity contribution < 1.29 is 29.1 Å². The Labute approximate surface area is 129 Å². The lowest BCUT2D eigenvalue weighted by Gasteiger charge is -2.09. The number of rotatable bonds is 5. The Balaban J connectivity index is 2.19. The molecule has 9 nitrogen and oxygen atoms in total. The fourth-order valence-electron chi connectivity index (χ4n) is 1.70. The van der Waals surface area contributed by atoms with Gasteiger partial charge in [-0.1, -0.05) is 0 Å². The van der Waals surface area contributed by atoms with Crippen molar-refractivity contribution in [1.29, 1.82) is 0 Å². The zero-order valence-electron chi connectivity index (χ0n) is 11.5. The molecule has 0 aliphatic carbocycles. The molecule has 2 aromatic rings. The van der Waals surface area contributed by atoms with Crippen molar-refractivity contribution in [2.45, 2.75) is 6.61 Å². The van der Waals surface area contributed by atoms with Crippen LogP contribution >= 0.6 is 0 Å². The van der Waals surface area contributed by atoms with Crippen LogP contribution in [0.5, 0.6) is 5.75 Å². The third-order valence-corrected chi connectivity index (χ3v) is 2.71. The Bertz CT molecular complexity index is 746. The topological polar surface area (TPSA) is 129 Å². The third-order valence-electron chi connectivity index (χ3n) is 2.71. The minimum atomic E-state index is -1.58. The average Bonchev–Trinajstić information content (AvgIpc) is 2.53. The molecule has 0 atom stereocenters. The summed E-state index contributed by atoms with van der Waals surface area (Å²) in [4.78, 5) is 36.3. The van der Waals surface area contributed by atoms with Gasteiger partial charge in [-0.15, -0.1) is 0 Å². The zero-order valence-corrected chi connectivity index (χ0v) is 11.5. The SMILES string of the molecule is O=C(O)Oc1ccc([N+](=O)[O-])cc1COC(=O)c1cccnc1. The molecular formula is C14H10N2O7. The first kappa shape index (κ1) is 15.9. The van der Waals surface area contributed by atoms with Crippen molar-refractivity contribution >= 4 is 17.8 Å². The summed E-state index contributed by atoms with van der Waals surface area (Å²) in [6.07, 6.45) is 1.19. The van der Waals surface area contributed by atoms with Gasteiger partial charge in [0.25, 0.3) is 5.69 Å². The molecule has 0 aliphatic rings. The van der Waals surface area contributed by atoms with Gasteiger partial charge in [0, 0.05) is 30.1 Å². The molecule has 0 spiro atoms. The largest absolute Gasteiger partial charge is 0.511 e. The number of nitrogens with zero attached hydrogens (tertiary/aromatic N) is 2. The lowest BCUT2D eigenvalue weighted by Crippen LogP contribution is -2.09. The maximum absolute atomic E-state index is 11.8. The van der Waals surface area contributed by atoms with Crippen LogP contribution in [-0.2, 0) is 11.3 Å². The summed E-state index contributed by atoms with van der Waals surface area (Å²) in [7, 11) is 0. The van der Waals surface area contributed by atoms with Crippen molar-refractivity contribution in [3.05, 3.63) is 64.0 Å². The number of carbonyl (C=O) groups is 2. The molecule has 1 heterocycles. The number of aromatic nitrogens is 1. The summed E-state index contributed by atoms with van der Waals surface area (Å²) in [6, 6.07) is 6.32. The van der Waals surface area contributed by atoms with Gasteiger partial charge in [0.15, 0.2) is 0 Å². The van der Waals surface area contributed by atoms with Gasteiger partial charge in [0.05, 0.1) is 10.5 Å². The van der Waals surface area contributed by atoms with Crippen LogP contribution in [0.15, 0.2) is 42.7 Å². The van der Waals surface area contributed by atoms with Crippen molar-refractivity contribution in [1.82, 2.24) is 4.98 Å². The number of pyridine rings is 1. The van der Waals surface area contributed by atoms with E-state index >= 15 is 0 Å². The van der Waals surface area contributed by atoms with Crippen molar-refractivity contribution in [3.63, 3.8) is 0 Å². The van der Waals surface area contributed by atoms with E-state index in [2.05, 4.69) is 9.72 Å². The van der Waals surface area contributed by atoms with Crippen LogP contribution in [0, 0.1) is 10.1 Å². The molecule has 0 unspecified atom stereocenters. The highest BCUT2D eigenvalue weighted by molar-refractivity contribution is 5.88. The van der Waals surface area contributed by atoms with E-state index in [0.29, 0.717) is 0 Å². The molecule has 23 heavy (non-hydrogen) atoms. The normalized spacial score (nSPS) is 9.91. The van der Waals surface area contributed by atoms with Crippen molar-refractivity contribution in [2.24, 2.45) is 0 Å². The first-order chi connectivity index (χ1) is 11.0. The highest BCUT2D eigenvalue weighted by Gasteiger charge is 2.16. The third kappa shape index (κ3) is 4.24. The molecule has 1 N–H and O–H groups in total. The minimum Gasteiger partial charge on any atom is -0.457 e. The second-order valence-electron chi connectivity index (χ2n) is 4.23. The highest BCUT2D eigenvalue weighted by atomic mass is 16.7. The predicted octanol–water partition coefficient (Wildman–Crippen LogP) is 2.40. The van der Waals surface area contributed by atoms with Gasteiger partial charge >= 0.3 is 12.1 Å². The summed E-state index contributed by atoms with van der Waals surface area (Å²) in [6.45, 7) is -0.391. The van der Waals surface area contributed by atoms with Crippen molar-refractivity contribution in [2.75, 3.05) is 0 Å². The Morgan fingerprint density at radius 2 is 2.09 bits per heavy atom. The van der Waals surface area contributed by atoms with Crippen LogP contribution < -0.4 is 4.74 Å². The second kappa shape index (κ2) is 6.98. The van der Waals surface area contributed by atoms with Crippen LogP contribution in [-0.4, -0.2) is 27.1 Å². The Hall–Kier alpha value is -3.49. The zero-order chi connectivity index (χ0) is 16.8. The van der Waals surface area contributed by atoms with E-state index in [1.807, 2.05) is 0 Å². The van der Waals surface area contributed by atoms with Crippen LogP contribution in [0.25, 0.3) is 0 Å². The summed E-state index contributed by atoms with van der Waals surface area (Å²) in [5.74, 6) is -0.854. The summed E-state index contributed by atoms with van der Waals surface area (Å²) in [5, 5.41) is 19.4. The molecule has 0 saturated heterocycles. The standard InChI is InChI=1S/C14H10N2O7/c17-13(9-2-1-5-15-7-9)22-8-10-6-11(16(20)21)3-4-12(10)23-14(18)19/h1-7H,8H2,(H,18,19). The maximum Gasteiger partial charge on any atom is 0.511 e. The van der Waals surface area contributed by atoms with Gasteiger partial charge in [-0.05, 0) is 18.2 Å². The molecule has 0 aliphatic heterocycles. The Morgan fingerprint density at radius 3 is 2.70 bits per heavy atom. The molecule has 0 saturated carbocycles. The number of hydrogen-bond acceptors (Lipinski definition) is 7. The van der Waals surface area contributed by atoms with E-state index in [1.54, 1.807) is 6.07 Å². The Kier molecular flexibility index (Phi) is 4.82. The van der Waals surface area contributed by atoms with Crippen molar-refractivity contribution in [3.8, 4) is 5.75 Å². The average molecular weight is 318 g/mol. The van der Waals surface area contributed by atoms with Gasteiger partial charge < -0.3 is 14.6 Å². The van der Waals surface area contributed by atoms with E-state index in [0.717, 1.165) is 18.2 Å². The van der Waals surface area contributed by atoms with Gasteiger partial charge in [-0.2, -0.15) is 0 Å². The number of carboxylic acid groups (broad SMARTS) is 1. The van der Waals surface area contributed by atoms with E-state index < -0.39 is 23.7 Å². The molecule has 0 bridgehead atoms. The van der Waals surface area contributed by atoms with E-state index in [1.165, 1.54) is 18.5 Å². The molecule has 0 fully saturated rings. The fraction of sp³-hybridized carbons (Fsp3) is 0.0714. The summed E-state index contributed by atoms with van der Waals surface area (Å²) < 4.78 is 9.51. The fourth-order valence-corrected chi connectivity index (χ4v) is 1.70. The molecule has 9 heteroatoms. The molecule has 2 rings (SSSR count). The van der Waals surface area contributed by atoms with Gasteiger partial charge in [-0.3, -0.25) is 15.1 Å². The summed E-state index contributed by atoms with van der Waals surface area (Å²) in [5.41, 5.74) is -0.0346. The lowest BCUT2D eigenvalue weighted by atomic mass is 10.2.